The van der Waals surface area contributed by atoms with Gasteiger partial charge in [0.15, 0.2) is 5.76 Å². The molecule has 0 saturated heterocycles. The summed E-state index contributed by atoms with van der Waals surface area (Å²) in [6.45, 7) is 4.67. The van der Waals surface area contributed by atoms with E-state index in [-0.39, 0.29) is 12.3 Å². The van der Waals surface area contributed by atoms with E-state index in [1.807, 2.05) is 44.2 Å². The lowest BCUT2D eigenvalue weighted by Gasteiger charge is -2.22. The third-order valence-corrected chi connectivity index (χ3v) is 5.16. The van der Waals surface area contributed by atoms with E-state index >= 15 is 0 Å². The molecular weight excluding hydrogens is 402 g/mol. The predicted molar refractivity (Wildman–Crippen MR) is 120 cm³/mol. The topological polar surface area (TPSA) is 88.0 Å². The van der Waals surface area contributed by atoms with Crippen LogP contribution in [0.5, 0.6) is 0 Å². The number of carbonyl (C=O) groups excluding carboxylic acids is 1. The molecule has 4 aromatic rings. The highest BCUT2D eigenvalue weighted by Crippen LogP contribution is 2.25. The van der Waals surface area contributed by atoms with Gasteiger partial charge >= 0.3 is 0 Å². The first-order valence-corrected chi connectivity index (χ1v) is 10.3. The Morgan fingerprint density at radius 2 is 2.06 bits per heavy atom. The molecule has 0 saturated carbocycles. The maximum absolute atomic E-state index is 13.7. The van der Waals surface area contributed by atoms with Crippen LogP contribution in [0.4, 0.5) is 0 Å². The molecule has 0 aliphatic carbocycles. The van der Waals surface area contributed by atoms with Crippen molar-refractivity contribution in [2.24, 2.45) is 0 Å². The molecule has 1 amide bonds. The van der Waals surface area contributed by atoms with Gasteiger partial charge in [0.05, 0.1) is 24.4 Å². The van der Waals surface area contributed by atoms with E-state index in [1.165, 1.54) is 0 Å². The van der Waals surface area contributed by atoms with Gasteiger partial charge in [-0.15, -0.1) is 0 Å². The summed E-state index contributed by atoms with van der Waals surface area (Å²) in [6.07, 6.45) is 5.22. The van der Waals surface area contributed by atoms with Crippen molar-refractivity contribution in [2.45, 2.75) is 26.8 Å². The van der Waals surface area contributed by atoms with Crippen LogP contribution in [-0.2, 0) is 6.54 Å². The summed E-state index contributed by atoms with van der Waals surface area (Å²) < 4.78 is 7.19. The minimum atomic E-state index is -0.214. The van der Waals surface area contributed by atoms with Crippen LogP contribution in [0, 0.1) is 25.2 Å². The summed E-state index contributed by atoms with van der Waals surface area (Å²) in [5.41, 5.74) is 4.82. The zero-order valence-corrected chi connectivity index (χ0v) is 18.0. The van der Waals surface area contributed by atoms with Crippen molar-refractivity contribution in [1.82, 2.24) is 19.7 Å². The van der Waals surface area contributed by atoms with E-state index in [0.717, 1.165) is 22.4 Å². The monoisotopic (exact) mass is 425 g/mol. The fraction of sp³-hybridized carbons (Fsp3) is 0.200. The van der Waals surface area contributed by atoms with Gasteiger partial charge in [0.1, 0.15) is 11.4 Å². The van der Waals surface area contributed by atoms with Crippen LogP contribution in [-0.4, -0.2) is 32.1 Å². The summed E-state index contributed by atoms with van der Waals surface area (Å²) in [7, 11) is 0. The summed E-state index contributed by atoms with van der Waals surface area (Å²) in [4.78, 5) is 19.5. The fourth-order valence-corrected chi connectivity index (χ4v) is 3.62. The second-order valence-electron chi connectivity index (χ2n) is 7.59. The number of nitrogens with zero attached hydrogens (tertiary/aromatic N) is 5. The molecule has 3 heterocycles. The van der Waals surface area contributed by atoms with Crippen LogP contribution in [0.1, 0.15) is 33.6 Å². The van der Waals surface area contributed by atoms with E-state index in [9.17, 15) is 4.79 Å². The first kappa shape index (κ1) is 21.1. The Morgan fingerprint density at radius 1 is 1.19 bits per heavy atom. The van der Waals surface area contributed by atoms with Crippen LogP contribution < -0.4 is 0 Å². The van der Waals surface area contributed by atoms with Crippen molar-refractivity contribution in [1.29, 1.82) is 5.26 Å². The van der Waals surface area contributed by atoms with Gasteiger partial charge in [-0.2, -0.15) is 10.4 Å². The summed E-state index contributed by atoms with van der Waals surface area (Å²) in [6, 6.07) is 17.2. The Morgan fingerprint density at radius 3 is 2.75 bits per heavy atom. The minimum absolute atomic E-state index is 0.214. The molecule has 4 rings (SSSR count). The molecule has 7 nitrogen and oxygen atoms in total. The fourth-order valence-electron chi connectivity index (χ4n) is 3.62. The molecule has 7 heteroatoms. The van der Waals surface area contributed by atoms with Gasteiger partial charge in [-0.05, 0) is 49.2 Å². The molecular formula is C25H23N5O2. The molecule has 0 radical (unpaired) electrons. The molecule has 0 fully saturated rings. The number of amides is 1. The molecule has 0 atom stereocenters. The Balaban J connectivity index is 1.78. The van der Waals surface area contributed by atoms with Crippen molar-refractivity contribution in [3.8, 4) is 23.2 Å². The molecule has 1 aromatic carbocycles. The molecule has 0 bridgehead atoms. The first-order chi connectivity index (χ1) is 15.6. The minimum Gasteiger partial charge on any atom is -0.463 e. The average molecular weight is 425 g/mol. The Bertz CT molecular complexity index is 1250. The second kappa shape index (κ2) is 9.31. The van der Waals surface area contributed by atoms with Crippen molar-refractivity contribution in [3.63, 3.8) is 0 Å². The SMILES string of the molecule is Cc1ccc(-n2nc(-c3ccco3)cc2C(=O)N(CCC#N)Cc2cccnc2)c(C)c1. The molecule has 0 spiro atoms. The maximum Gasteiger partial charge on any atom is 0.272 e. The van der Waals surface area contributed by atoms with E-state index in [4.69, 9.17) is 14.8 Å². The number of rotatable bonds is 7. The number of benzene rings is 1. The highest BCUT2D eigenvalue weighted by atomic mass is 16.3. The van der Waals surface area contributed by atoms with Crippen LogP contribution in [0.3, 0.4) is 0 Å². The van der Waals surface area contributed by atoms with E-state index in [0.29, 0.717) is 30.2 Å². The van der Waals surface area contributed by atoms with E-state index < -0.39 is 0 Å². The Hall–Kier alpha value is -4.18. The third-order valence-electron chi connectivity index (χ3n) is 5.16. The number of nitriles is 1. The van der Waals surface area contributed by atoms with Gasteiger partial charge in [-0.1, -0.05) is 23.8 Å². The first-order valence-electron chi connectivity index (χ1n) is 10.3. The summed E-state index contributed by atoms with van der Waals surface area (Å²) in [5.74, 6) is 0.368. The number of hydrogen-bond acceptors (Lipinski definition) is 5. The van der Waals surface area contributed by atoms with Crippen molar-refractivity contribution in [2.75, 3.05) is 6.54 Å². The number of aryl methyl sites for hydroxylation is 2. The third kappa shape index (κ3) is 4.44. The number of carbonyl (C=O) groups is 1. The van der Waals surface area contributed by atoms with Crippen LogP contribution in [0.2, 0.25) is 0 Å². The Labute approximate surface area is 186 Å². The molecule has 160 valence electrons. The zero-order chi connectivity index (χ0) is 22.5. The smallest absolute Gasteiger partial charge is 0.272 e. The van der Waals surface area contributed by atoms with Crippen molar-refractivity contribution < 1.29 is 9.21 Å². The second-order valence-corrected chi connectivity index (χ2v) is 7.59. The van der Waals surface area contributed by atoms with Gasteiger partial charge in [-0.3, -0.25) is 9.78 Å². The lowest BCUT2D eigenvalue weighted by Crippen LogP contribution is -2.33. The zero-order valence-electron chi connectivity index (χ0n) is 18.0. The van der Waals surface area contributed by atoms with Gasteiger partial charge in [0.25, 0.3) is 5.91 Å². The molecule has 0 aliphatic heterocycles. The molecule has 0 N–H and O–H groups in total. The largest absolute Gasteiger partial charge is 0.463 e. The van der Waals surface area contributed by atoms with Crippen LogP contribution >= 0.6 is 0 Å². The van der Waals surface area contributed by atoms with Gasteiger partial charge < -0.3 is 9.32 Å². The number of hydrogen-bond donors (Lipinski definition) is 0. The quantitative estimate of drug-likeness (QED) is 0.428. The van der Waals surface area contributed by atoms with Crippen molar-refractivity contribution in [3.05, 3.63) is 89.6 Å². The molecule has 3 aromatic heterocycles. The normalized spacial score (nSPS) is 10.7. The number of furan rings is 1. The lowest BCUT2D eigenvalue weighted by atomic mass is 10.1. The molecule has 0 unspecified atom stereocenters. The predicted octanol–water partition coefficient (Wildman–Crippen LogP) is 4.70. The highest BCUT2D eigenvalue weighted by molar-refractivity contribution is 5.94. The standard InChI is InChI=1S/C25H23N5O2/c1-18-8-9-22(19(2)14-18)30-23(15-21(28-30)24-7-4-13-32-24)25(31)29(12-5-10-26)17-20-6-3-11-27-16-20/h3-4,6-9,11,13-16H,5,12,17H2,1-2H3. The van der Waals surface area contributed by atoms with Gasteiger partial charge in [-0.25, -0.2) is 4.68 Å². The van der Waals surface area contributed by atoms with Gasteiger partial charge in [0, 0.05) is 31.5 Å². The van der Waals surface area contributed by atoms with Crippen molar-refractivity contribution >= 4 is 5.91 Å². The van der Waals surface area contributed by atoms with Crippen LogP contribution in [0.25, 0.3) is 17.1 Å². The van der Waals surface area contributed by atoms with E-state index in [1.54, 1.807) is 40.4 Å². The Kier molecular flexibility index (Phi) is 6.13. The lowest BCUT2D eigenvalue weighted by molar-refractivity contribution is 0.0737. The van der Waals surface area contributed by atoms with Crippen LogP contribution in [0.15, 0.2) is 71.6 Å². The maximum atomic E-state index is 13.7. The summed E-state index contributed by atoms with van der Waals surface area (Å²) >= 11 is 0. The number of pyridine rings is 1. The van der Waals surface area contributed by atoms with E-state index in [2.05, 4.69) is 17.1 Å². The average Bonchev–Trinajstić information content (AvgIpc) is 3.47. The summed E-state index contributed by atoms with van der Waals surface area (Å²) in [5, 5.41) is 13.8. The highest BCUT2D eigenvalue weighted by Gasteiger charge is 2.24. The van der Waals surface area contributed by atoms with Gasteiger partial charge in [0.2, 0.25) is 0 Å². The molecule has 0 aliphatic rings. The molecule has 32 heavy (non-hydrogen) atoms. The number of aromatic nitrogens is 3.